The van der Waals surface area contributed by atoms with Crippen LogP contribution in [0.5, 0.6) is 0 Å². The van der Waals surface area contributed by atoms with Crippen LogP contribution in [0.1, 0.15) is 24.8 Å². The molecule has 1 aliphatic heterocycles. The lowest BCUT2D eigenvalue weighted by atomic mass is 10.1. The number of benzene rings is 2. The van der Waals surface area contributed by atoms with Crippen molar-refractivity contribution in [2.75, 3.05) is 13.1 Å². The van der Waals surface area contributed by atoms with Crippen molar-refractivity contribution in [2.45, 2.75) is 25.8 Å². The second-order valence-electron chi connectivity index (χ2n) is 7.02. The van der Waals surface area contributed by atoms with E-state index in [-0.39, 0.29) is 11.4 Å². The lowest BCUT2D eigenvalue weighted by molar-refractivity contribution is 0.221. The molecule has 4 nitrogen and oxygen atoms in total. The number of aromatic amines is 1. The number of halogens is 1. The van der Waals surface area contributed by atoms with Gasteiger partial charge in [-0.25, -0.2) is 9.37 Å². The molecule has 1 fully saturated rings. The van der Waals surface area contributed by atoms with E-state index in [2.05, 4.69) is 27.0 Å². The number of piperidine rings is 1. The topological polar surface area (TPSA) is 49.0 Å². The second kappa shape index (κ2) is 7.84. The molecule has 1 aromatic heterocycles. The van der Waals surface area contributed by atoms with Gasteiger partial charge in [-0.15, -0.1) is 0 Å². The van der Waals surface area contributed by atoms with Gasteiger partial charge in [0.15, 0.2) is 0 Å². The highest BCUT2D eigenvalue weighted by atomic mass is 19.1. The Bertz CT molecular complexity index is 958. The molecule has 0 aliphatic carbocycles. The van der Waals surface area contributed by atoms with E-state index in [0.717, 1.165) is 25.2 Å². The predicted octanol–water partition coefficient (Wildman–Crippen LogP) is 4.23. The van der Waals surface area contributed by atoms with Crippen LogP contribution in [-0.4, -0.2) is 28.0 Å². The van der Waals surface area contributed by atoms with Crippen LogP contribution in [0.25, 0.3) is 22.6 Å². The summed E-state index contributed by atoms with van der Waals surface area (Å²) in [4.78, 5) is 21.9. The highest BCUT2D eigenvalue weighted by molar-refractivity contribution is 5.63. The van der Waals surface area contributed by atoms with E-state index < -0.39 is 0 Å². The summed E-state index contributed by atoms with van der Waals surface area (Å²) in [6, 6.07) is 15.6. The maximum atomic E-state index is 13.1. The second-order valence-corrected chi connectivity index (χ2v) is 7.02. The molecule has 138 valence electrons. The lowest BCUT2D eigenvalue weighted by Gasteiger charge is -2.26. The van der Waals surface area contributed by atoms with Gasteiger partial charge in [0.25, 0.3) is 5.56 Å². The van der Waals surface area contributed by atoms with Gasteiger partial charge >= 0.3 is 0 Å². The first-order chi connectivity index (χ1) is 13.2. The molecule has 27 heavy (non-hydrogen) atoms. The Hall–Kier alpha value is -2.79. The van der Waals surface area contributed by atoms with Crippen molar-refractivity contribution in [3.8, 4) is 22.6 Å². The molecule has 0 unspecified atom stereocenters. The van der Waals surface area contributed by atoms with Gasteiger partial charge < -0.3 is 4.98 Å². The number of likely N-dealkylation sites (tertiary alicyclic amines) is 1. The monoisotopic (exact) mass is 363 g/mol. The fourth-order valence-corrected chi connectivity index (χ4v) is 3.51. The zero-order valence-corrected chi connectivity index (χ0v) is 15.1. The van der Waals surface area contributed by atoms with Gasteiger partial charge in [0.05, 0.1) is 5.69 Å². The molecule has 1 aliphatic rings. The molecule has 2 aromatic carbocycles. The quantitative estimate of drug-likeness (QED) is 0.755. The first-order valence-electron chi connectivity index (χ1n) is 9.36. The summed E-state index contributed by atoms with van der Waals surface area (Å²) in [6.07, 6.45) is 3.89. The van der Waals surface area contributed by atoms with Crippen LogP contribution in [-0.2, 0) is 6.54 Å². The molecule has 0 saturated carbocycles. The van der Waals surface area contributed by atoms with Crippen LogP contribution in [0.4, 0.5) is 4.39 Å². The Morgan fingerprint density at radius 1 is 0.926 bits per heavy atom. The molecule has 5 heteroatoms. The molecule has 1 N–H and O–H groups in total. The maximum absolute atomic E-state index is 13.1. The Morgan fingerprint density at radius 2 is 1.59 bits per heavy atom. The molecule has 0 spiro atoms. The highest BCUT2D eigenvalue weighted by Gasteiger charge is 2.11. The lowest BCUT2D eigenvalue weighted by Crippen LogP contribution is -2.29. The van der Waals surface area contributed by atoms with Crippen molar-refractivity contribution in [1.29, 1.82) is 0 Å². The summed E-state index contributed by atoms with van der Waals surface area (Å²) in [5.41, 5.74) is 3.14. The fraction of sp³-hybridized carbons (Fsp3) is 0.273. The van der Waals surface area contributed by atoms with E-state index in [9.17, 15) is 9.18 Å². The molecule has 0 atom stereocenters. The minimum absolute atomic E-state index is 0.225. The Labute approximate surface area is 157 Å². The van der Waals surface area contributed by atoms with Crippen molar-refractivity contribution < 1.29 is 4.39 Å². The summed E-state index contributed by atoms with van der Waals surface area (Å²) in [5.74, 6) is 0.208. The number of H-pyrrole nitrogens is 1. The summed E-state index contributed by atoms with van der Waals surface area (Å²) >= 11 is 0. The van der Waals surface area contributed by atoms with Crippen molar-refractivity contribution in [1.82, 2.24) is 14.9 Å². The molecule has 0 bridgehead atoms. The van der Waals surface area contributed by atoms with E-state index in [1.807, 2.05) is 12.1 Å². The van der Waals surface area contributed by atoms with Crippen LogP contribution in [0.3, 0.4) is 0 Å². The maximum Gasteiger partial charge on any atom is 0.251 e. The first kappa shape index (κ1) is 17.6. The van der Waals surface area contributed by atoms with E-state index in [1.165, 1.54) is 43.0 Å². The molecule has 2 heterocycles. The van der Waals surface area contributed by atoms with Crippen molar-refractivity contribution in [3.05, 3.63) is 76.3 Å². The number of rotatable bonds is 4. The molecule has 4 rings (SSSR count). The number of nitrogens with one attached hydrogen (secondary N) is 1. The number of hydrogen-bond donors (Lipinski definition) is 1. The van der Waals surface area contributed by atoms with Crippen LogP contribution in [0.2, 0.25) is 0 Å². The fourth-order valence-electron chi connectivity index (χ4n) is 3.51. The standard InChI is InChI=1S/C22H22FN3O/c23-19-10-8-17(9-11-19)20-14-21(27)25-22(24-20)18-6-4-16(5-7-18)15-26-12-2-1-3-13-26/h4-11,14H,1-3,12-13,15H2,(H,24,25,27). The highest BCUT2D eigenvalue weighted by Crippen LogP contribution is 2.21. The molecular formula is C22H22FN3O. The zero-order valence-electron chi connectivity index (χ0n) is 15.1. The molecular weight excluding hydrogens is 341 g/mol. The Morgan fingerprint density at radius 3 is 2.30 bits per heavy atom. The minimum Gasteiger partial charge on any atom is -0.306 e. The molecule has 3 aromatic rings. The zero-order chi connectivity index (χ0) is 18.6. The van der Waals surface area contributed by atoms with Gasteiger partial charge in [-0.3, -0.25) is 9.69 Å². The Kier molecular flexibility index (Phi) is 5.12. The van der Waals surface area contributed by atoms with E-state index in [1.54, 1.807) is 12.1 Å². The van der Waals surface area contributed by atoms with Crippen LogP contribution in [0.15, 0.2) is 59.4 Å². The van der Waals surface area contributed by atoms with Gasteiger partial charge in [0.2, 0.25) is 0 Å². The van der Waals surface area contributed by atoms with Gasteiger partial charge in [0, 0.05) is 23.7 Å². The number of hydrogen-bond acceptors (Lipinski definition) is 3. The summed E-state index contributed by atoms with van der Waals surface area (Å²) in [7, 11) is 0. The molecule has 0 radical (unpaired) electrons. The SMILES string of the molecule is O=c1cc(-c2ccc(F)cc2)nc(-c2ccc(CN3CCCCC3)cc2)[nH]1. The van der Waals surface area contributed by atoms with E-state index in [0.29, 0.717) is 17.1 Å². The van der Waals surface area contributed by atoms with Crippen molar-refractivity contribution in [2.24, 2.45) is 0 Å². The summed E-state index contributed by atoms with van der Waals surface area (Å²) < 4.78 is 13.1. The molecule has 1 saturated heterocycles. The Balaban J connectivity index is 1.57. The number of nitrogens with zero attached hydrogens (tertiary/aromatic N) is 2. The van der Waals surface area contributed by atoms with E-state index >= 15 is 0 Å². The van der Waals surface area contributed by atoms with Gasteiger partial charge in [-0.2, -0.15) is 0 Å². The van der Waals surface area contributed by atoms with Crippen molar-refractivity contribution >= 4 is 0 Å². The third kappa shape index (κ3) is 4.31. The van der Waals surface area contributed by atoms with Crippen LogP contribution >= 0.6 is 0 Å². The van der Waals surface area contributed by atoms with Gasteiger partial charge in [0.1, 0.15) is 11.6 Å². The van der Waals surface area contributed by atoms with Crippen molar-refractivity contribution in [3.63, 3.8) is 0 Å². The van der Waals surface area contributed by atoms with Crippen LogP contribution in [0, 0.1) is 5.82 Å². The summed E-state index contributed by atoms with van der Waals surface area (Å²) in [6.45, 7) is 3.28. The average Bonchev–Trinajstić information content (AvgIpc) is 2.69. The van der Waals surface area contributed by atoms with E-state index in [4.69, 9.17) is 0 Å². The average molecular weight is 363 g/mol. The summed E-state index contributed by atoms with van der Waals surface area (Å²) in [5, 5.41) is 0. The smallest absolute Gasteiger partial charge is 0.251 e. The normalized spacial score (nSPS) is 15.0. The van der Waals surface area contributed by atoms with Gasteiger partial charge in [-0.05, 0) is 55.8 Å². The number of aromatic nitrogens is 2. The predicted molar refractivity (Wildman–Crippen MR) is 105 cm³/mol. The molecule has 0 amide bonds. The third-order valence-electron chi connectivity index (χ3n) is 4.96. The largest absolute Gasteiger partial charge is 0.306 e. The first-order valence-corrected chi connectivity index (χ1v) is 9.36. The minimum atomic E-state index is -0.312. The van der Waals surface area contributed by atoms with Crippen LogP contribution < -0.4 is 5.56 Å². The van der Waals surface area contributed by atoms with Gasteiger partial charge in [-0.1, -0.05) is 30.7 Å². The third-order valence-corrected chi connectivity index (χ3v) is 4.96.